The lowest BCUT2D eigenvalue weighted by Crippen LogP contribution is -2.22. The zero-order valence-electron chi connectivity index (χ0n) is 12.7. The number of aromatic nitrogens is 1. The summed E-state index contributed by atoms with van der Waals surface area (Å²) in [6, 6.07) is 8.26. The minimum Gasteiger partial charge on any atom is -0.515 e. The molecule has 1 fully saturated rings. The van der Waals surface area contributed by atoms with Gasteiger partial charge in [0.2, 0.25) is 0 Å². The summed E-state index contributed by atoms with van der Waals surface area (Å²) in [5.74, 6) is 0.337. The predicted octanol–water partition coefficient (Wildman–Crippen LogP) is 4.37. The van der Waals surface area contributed by atoms with Crippen molar-refractivity contribution in [1.29, 1.82) is 0 Å². The zero-order valence-corrected chi connectivity index (χ0v) is 12.7. The molecule has 0 spiro atoms. The highest BCUT2D eigenvalue weighted by molar-refractivity contribution is 6.01. The first-order chi connectivity index (χ1) is 11.3. The van der Waals surface area contributed by atoms with Crippen molar-refractivity contribution in [3.63, 3.8) is 0 Å². The van der Waals surface area contributed by atoms with E-state index in [1.54, 1.807) is 0 Å². The van der Waals surface area contributed by atoms with Crippen molar-refractivity contribution in [2.75, 3.05) is 0 Å². The lowest BCUT2D eigenvalue weighted by atomic mass is 9.73. The molecule has 0 radical (unpaired) electrons. The van der Waals surface area contributed by atoms with Gasteiger partial charge in [0.1, 0.15) is 0 Å². The summed E-state index contributed by atoms with van der Waals surface area (Å²) >= 11 is 0. The highest BCUT2D eigenvalue weighted by Gasteiger charge is 2.31. The highest BCUT2D eigenvalue weighted by Crippen LogP contribution is 2.41. The smallest absolute Gasteiger partial charge is 0.166 e. The quantitative estimate of drug-likeness (QED) is 0.628. The average molecular weight is 303 g/mol. The fraction of sp³-hybridized carbons (Fsp3) is 0.200. The molecule has 3 heteroatoms. The molecule has 2 aliphatic rings. The Hall–Kier alpha value is -2.68. The molecule has 114 valence electrons. The van der Waals surface area contributed by atoms with Crippen molar-refractivity contribution in [1.82, 2.24) is 4.98 Å². The number of carbonyl (C=O) groups is 1. The third-order valence-electron chi connectivity index (χ3n) is 4.84. The average Bonchev–Trinajstić information content (AvgIpc) is 2.61. The van der Waals surface area contributed by atoms with Gasteiger partial charge in [-0.25, -0.2) is 0 Å². The molecule has 0 bridgehead atoms. The van der Waals surface area contributed by atoms with Crippen molar-refractivity contribution in [2.45, 2.75) is 19.3 Å². The molecule has 2 aromatic rings. The lowest BCUT2D eigenvalue weighted by Gasteiger charge is -2.30. The number of benzene rings is 1. The van der Waals surface area contributed by atoms with Crippen molar-refractivity contribution < 1.29 is 9.90 Å². The number of aliphatic hydroxyl groups is 1. The SMILES string of the molecule is O=C1CCC2CC(c3cncc4ccccc34)=CC=C2C1=CO. The molecule has 4 rings (SSSR count). The third-order valence-corrected chi connectivity index (χ3v) is 4.84. The fourth-order valence-electron chi connectivity index (χ4n) is 3.66. The Labute approximate surface area is 134 Å². The van der Waals surface area contributed by atoms with Crippen molar-refractivity contribution >= 4 is 22.1 Å². The fourth-order valence-corrected chi connectivity index (χ4v) is 3.66. The second kappa shape index (κ2) is 5.51. The van der Waals surface area contributed by atoms with E-state index in [4.69, 9.17) is 0 Å². The Balaban J connectivity index is 1.81. The van der Waals surface area contributed by atoms with E-state index >= 15 is 0 Å². The first kappa shape index (κ1) is 13.9. The molecule has 1 heterocycles. The first-order valence-corrected chi connectivity index (χ1v) is 7.90. The van der Waals surface area contributed by atoms with Crippen LogP contribution in [0.15, 0.2) is 66.2 Å². The molecule has 3 nitrogen and oxygen atoms in total. The van der Waals surface area contributed by atoms with Gasteiger partial charge in [0, 0.05) is 29.8 Å². The van der Waals surface area contributed by atoms with Gasteiger partial charge in [-0.15, -0.1) is 0 Å². The van der Waals surface area contributed by atoms with E-state index in [1.165, 1.54) is 11.0 Å². The Morgan fingerprint density at radius 2 is 2.04 bits per heavy atom. The molecular weight excluding hydrogens is 286 g/mol. The Bertz CT molecular complexity index is 884. The number of carbonyl (C=O) groups excluding carboxylic acids is 1. The molecule has 0 amide bonds. The minimum atomic E-state index is 0.0404. The van der Waals surface area contributed by atoms with Gasteiger partial charge >= 0.3 is 0 Å². The summed E-state index contributed by atoms with van der Waals surface area (Å²) in [5, 5.41) is 11.7. The van der Waals surface area contributed by atoms with Crippen LogP contribution in [-0.2, 0) is 4.79 Å². The summed E-state index contributed by atoms with van der Waals surface area (Å²) in [7, 11) is 0. The first-order valence-electron chi connectivity index (χ1n) is 7.90. The van der Waals surface area contributed by atoms with Gasteiger partial charge in [-0.2, -0.15) is 0 Å². The summed E-state index contributed by atoms with van der Waals surface area (Å²) in [5.41, 5.74) is 3.85. The summed E-state index contributed by atoms with van der Waals surface area (Å²) in [6.45, 7) is 0. The molecule has 23 heavy (non-hydrogen) atoms. The van der Waals surface area contributed by atoms with Crippen LogP contribution in [0.1, 0.15) is 24.8 Å². The monoisotopic (exact) mass is 303 g/mol. The van der Waals surface area contributed by atoms with Gasteiger partial charge in [0.25, 0.3) is 0 Å². The number of aliphatic hydroxyl groups excluding tert-OH is 1. The molecule has 0 saturated heterocycles. The van der Waals surface area contributed by atoms with Crippen LogP contribution in [0.2, 0.25) is 0 Å². The van der Waals surface area contributed by atoms with E-state index in [-0.39, 0.29) is 5.78 Å². The number of ketones is 1. The molecule has 0 aliphatic heterocycles. The summed E-state index contributed by atoms with van der Waals surface area (Å²) in [6.07, 6.45) is 11.1. The molecule has 2 aliphatic carbocycles. The zero-order chi connectivity index (χ0) is 15.8. The molecular formula is C20H17NO2. The minimum absolute atomic E-state index is 0.0404. The van der Waals surface area contributed by atoms with E-state index in [9.17, 15) is 9.90 Å². The Morgan fingerprint density at radius 1 is 1.17 bits per heavy atom. The van der Waals surface area contributed by atoms with E-state index in [2.05, 4.69) is 23.2 Å². The van der Waals surface area contributed by atoms with Crippen LogP contribution in [0, 0.1) is 5.92 Å². The van der Waals surface area contributed by atoms with Gasteiger partial charge in [-0.3, -0.25) is 9.78 Å². The standard InChI is InChI=1S/C20H17NO2/c22-12-19-17-7-5-14(9-13(17)6-8-20(19)23)18-11-21-10-15-3-1-2-4-16(15)18/h1-5,7,10-13,22H,6,8-9H2. The second-order valence-corrected chi connectivity index (χ2v) is 6.13. The molecule has 1 atom stereocenters. The predicted molar refractivity (Wildman–Crippen MR) is 90.9 cm³/mol. The van der Waals surface area contributed by atoms with Crippen LogP contribution in [0.3, 0.4) is 0 Å². The maximum Gasteiger partial charge on any atom is 0.166 e. The highest BCUT2D eigenvalue weighted by atomic mass is 16.2. The molecule has 1 aromatic heterocycles. The van der Waals surface area contributed by atoms with Crippen LogP contribution in [0.25, 0.3) is 16.3 Å². The Morgan fingerprint density at radius 3 is 2.91 bits per heavy atom. The number of allylic oxidation sites excluding steroid dienone is 5. The van der Waals surface area contributed by atoms with Crippen LogP contribution in [-0.4, -0.2) is 15.9 Å². The largest absolute Gasteiger partial charge is 0.515 e. The van der Waals surface area contributed by atoms with Crippen molar-refractivity contribution in [3.05, 3.63) is 71.8 Å². The van der Waals surface area contributed by atoms with Gasteiger partial charge in [-0.1, -0.05) is 36.4 Å². The summed E-state index contributed by atoms with van der Waals surface area (Å²) < 4.78 is 0. The molecule has 1 N–H and O–H groups in total. The van der Waals surface area contributed by atoms with E-state index in [1.807, 2.05) is 30.6 Å². The third kappa shape index (κ3) is 2.29. The van der Waals surface area contributed by atoms with Crippen LogP contribution in [0.5, 0.6) is 0 Å². The summed E-state index contributed by atoms with van der Waals surface area (Å²) in [4.78, 5) is 16.3. The maximum atomic E-state index is 11.9. The van der Waals surface area contributed by atoms with E-state index in [0.717, 1.165) is 35.6 Å². The van der Waals surface area contributed by atoms with Crippen LogP contribution >= 0.6 is 0 Å². The maximum absolute atomic E-state index is 11.9. The number of hydrogen-bond acceptors (Lipinski definition) is 3. The van der Waals surface area contributed by atoms with E-state index in [0.29, 0.717) is 17.9 Å². The number of Topliss-reactive ketones (excluding diaryl/α,β-unsaturated/α-hetero) is 1. The number of hydrogen-bond donors (Lipinski definition) is 1. The van der Waals surface area contributed by atoms with Gasteiger partial charge in [-0.05, 0) is 35.3 Å². The molecule has 1 aromatic carbocycles. The van der Waals surface area contributed by atoms with Crippen molar-refractivity contribution in [3.8, 4) is 0 Å². The van der Waals surface area contributed by atoms with Crippen LogP contribution < -0.4 is 0 Å². The lowest BCUT2D eigenvalue weighted by molar-refractivity contribution is -0.116. The van der Waals surface area contributed by atoms with Gasteiger partial charge in [0.05, 0.1) is 11.8 Å². The van der Waals surface area contributed by atoms with Crippen LogP contribution in [0.4, 0.5) is 0 Å². The Kier molecular flexibility index (Phi) is 3.34. The normalized spacial score (nSPS) is 22.7. The second-order valence-electron chi connectivity index (χ2n) is 6.13. The molecule has 1 unspecified atom stereocenters. The number of rotatable bonds is 1. The van der Waals surface area contributed by atoms with Gasteiger partial charge < -0.3 is 5.11 Å². The number of nitrogens with zero attached hydrogens (tertiary/aromatic N) is 1. The van der Waals surface area contributed by atoms with Gasteiger partial charge in [0.15, 0.2) is 5.78 Å². The number of pyridine rings is 1. The topological polar surface area (TPSA) is 50.2 Å². The van der Waals surface area contributed by atoms with Crippen molar-refractivity contribution in [2.24, 2.45) is 5.92 Å². The van der Waals surface area contributed by atoms with E-state index < -0.39 is 0 Å². The number of fused-ring (bicyclic) bond motifs is 2. The molecule has 1 saturated carbocycles.